The molecule has 1 aliphatic rings. The van der Waals surface area contributed by atoms with Gasteiger partial charge in [0.2, 0.25) is 5.91 Å². The van der Waals surface area contributed by atoms with Gasteiger partial charge in [-0.25, -0.2) is 4.98 Å². The van der Waals surface area contributed by atoms with E-state index in [1.54, 1.807) is 19.1 Å². The molecule has 1 aliphatic heterocycles. The molecule has 24 heavy (non-hydrogen) atoms. The van der Waals surface area contributed by atoms with Crippen LogP contribution < -0.4 is 5.32 Å². The number of hydrogen-bond acceptors (Lipinski definition) is 5. The molecule has 2 aromatic rings. The number of hydrogen-bond donors (Lipinski definition) is 1. The van der Waals surface area contributed by atoms with Crippen molar-refractivity contribution < 1.29 is 14.0 Å². The Morgan fingerprint density at radius 2 is 2.21 bits per heavy atom. The van der Waals surface area contributed by atoms with Crippen molar-refractivity contribution in [1.82, 2.24) is 9.88 Å². The van der Waals surface area contributed by atoms with E-state index in [9.17, 15) is 9.59 Å². The number of carbonyl (C=O) groups is 2. The number of aromatic nitrogens is 1. The van der Waals surface area contributed by atoms with Crippen molar-refractivity contribution in [3.05, 3.63) is 34.2 Å². The summed E-state index contributed by atoms with van der Waals surface area (Å²) in [6, 6.07) is 3.39. The second-order valence-corrected chi connectivity index (χ2v) is 7.50. The van der Waals surface area contributed by atoms with Gasteiger partial charge in [0.05, 0.1) is 12.2 Å². The first kappa shape index (κ1) is 16.7. The standard InChI is InChI=1S/C17H21N3O3S/c1-10(2)8-15(21)20-7-6-12-14(9-20)24-17(18-12)19-16(22)13-5-4-11(3)23-13/h4-5,10H,6-9H2,1-3H3,(H,18,19,22). The van der Waals surface area contributed by atoms with Crippen molar-refractivity contribution in [2.24, 2.45) is 5.92 Å². The molecule has 2 amide bonds. The molecule has 0 aromatic carbocycles. The number of carbonyl (C=O) groups excluding carboxylic acids is 2. The van der Waals surface area contributed by atoms with Gasteiger partial charge >= 0.3 is 0 Å². The van der Waals surface area contributed by atoms with Gasteiger partial charge in [0.25, 0.3) is 5.91 Å². The Bertz CT molecular complexity index is 763. The van der Waals surface area contributed by atoms with Crippen LogP contribution in [0.15, 0.2) is 16.5 Å². The SMILES string of the molecule is Cc1ccc(C(=O)Nc2nc3c(s2)CN(C(=O)CC(C)C)CC3)o1. The topological polar surface area (TPSA) is 75.4 Å². The van der Waals surface area contributed by atoms with E-state index < -0.39 is 0 Å². The van der Waals surface area contributed by atoms with Crippen molar-refractivity contribution in [2.75, 3.05) is 11.9 Å². The molecular formula is C17H21N3O3S. The van der Waals surface area contributed by atoms with Crippen LogP contribution in [0.5, 0.6) is 0 Å². The van der Waals surface area contributed by atoms with Gasteiger partial charge in [-0.05, 0) is 25.0 Å². The van der Waals surface area contributed by atoms with Gasteiger partial charge in [-0.1, -0.05) is 25.2 Å². The number of amides is 2. The summed E-state index contributed by atoms with van der Waals surface area (Å²) < 4.78 is 5.32. The number of nitrogens with zero attached hydrogens (tertiary/aromatic N) is 2. The lowest BCUT2D eigenvalue weighted by Gasteiger charge is -2.26. The molecule has 2 aromatic heterocycles. The van der Waals surface area contributed by atoms with Gasteiger partial charge in [-0.2, -0.15) is 0 Å². The number of thiazole rings is 1. The molecule has 0 unspecified atom stereocenters. The van der Waals surface area contributed by atoms with Crippen molar-refractivity contribution >= 4 is 28.3 Å². The van der Waals surface area contributed by atoms with Crippen LogP contribution in [0.3, 0.4) is 0 Å². The Morgan fingerprint density at radius 1 is 1.42 bits per heavy atom. The number of furan rings is 1. The fourth-order valence-electron chi connectivity index (χ4n) is 2.66. The third-order valence-corrected chi connectivity index (χ3v) is 4.85. The molecule has 0 atom stereocenters. The Hall–Kier alpha value is -2.15. The molecule has 1 N–H and O–H groups in total. The molecule has 3 heterocycles. The first-order chi connectivity index (χ1) is 11.4. The molecule has 0 saturated carbocycles. The number of nitrogens with one attached hydrogen (secondary N) is 1. The molecular weight excluding hydrogens is 326 g/mol. The van der Waals surface area contributed by atoms with E-state index in [0.717, 1.165) is 17.0 Å². The van der Waals surface area contributed by atoms with E-state index >= 15 is 0 Å². The minimum atomic E-state index is -0.304. The van der Waals surface area contributed by atoms with Crippen molar-refractivity contribution in [2.45, 2.75) is 40.2 Å². The van der Waals surface area contributed by atoms with Crippen molar-refractivity contribution in [3.8, 4) is 0 Å². The molecule has 0 radical (unpaired) electrons. The van der Waals surface area contributed by atoms with Crippen LogP contribution in [0.25, 0.3) is 0 Å². The van der Waals surface area contributed by atoms with Gasteiger partial charge in [0.1, 0.15) is 5.76 Å². The van der Waals surface area contributed by atoms with Gasteiger partial charge < -0.3 is 9.32 Å². The predicted octanol–water partition coefficient (Wildman–Crippen LogP) is 3.23. The number of rotatable bonds is 4. The molecule has 128 valence electrons. The lowest BCUT2D eigenvalue weighted by Crippen LogP contribution is -2.36. The van der Waals surface area contributed by atoms with Crippen molar-refractivity contribution in [3.63, 3.8) is 0 Å². The molecule has 0 aliphatic carbocycles. The second-order valence-electron chi connectivity index (χ2n) is 6.42. The largest absolute Gasteiger partial charge is 0.456 e. The second kappa shape index (κ2) is 6.76. The third kappa shape index (κ3) is 3.67. The molecule has 0 spiro atoms. The fraction of sp³-hybridized carbons (Fsp3) is 0.471. The molecule has 0 fully saturated rings. The maximum absolute atomic E-state index is 12.2. The highest BCUT2D eigenvalue weighted by molar-refractivity contribution is 7.15. The van der Waals surface area contributed by atoms with Crippen LogP contribution in [0, 0.1) is 12.8 Å². The molecule has 3 rings (SSSR count). The van der Waals surface area contributed by atoms with E-state index in [1.165, 1.54) is 11.3 Å². The third-order valence-electron chi connectivity index (χ3n) is 3.85. The van der Waals surface area contributed by atoms with E-state index in [1.807, 2.05) is 18.7 Å². The Labute approximate surface area is 144 Å². The lowest BCUT2D eigenvalue weighted by atomic mass is 10.1. The minimum Gasteiger partial charge on any atom is -0.456 e. The summed E-state index contributed by atoms with van der Waals surface area (Å²) in [5, 5.41) is 3.33. The average molecular weight is 347 g/mol. The average Bonchev–Trinajstić information content (AvgIpc) is 3.11. The molecule has 7 heteroatoms. The highest BCUT2D eigenvalue weighted by Gasteiger charge is 2.25. The summed E-state index contributed by atoms with van der Waals surface area (Å²) in [4.78, 5) is 31.8. The monoisotopic (exact) mass is 347 g/mol. The van der Waals surface area contributed by atoms with E-state index in [2.05, 4.69) is 10.3 Å². The Balaban J connectivity index is 1.67. The van der Waals surface area contributed by atoms with E-state index in [4.69, 9.17) is 4.42 Å². The smallest absolute Gasteiger partial charge is 0.293 e. The zero-order valence-electron chi connectivity index (χ0n) is 14.1. The first-order valence-corrected chi connectivity index (χ1v) is 8.88. The molecule has 0 bridgehead atoms. The number of anilines is 1. The lowest BCUT2D eigenvalue weighted by molar-refractivity contribution is -0.132. The maximum atomic E-state index is 12.2. The van der Waals surface area contributed by atoms with E-state index in [0.29, 0.717) is 36.3 Å². The number of fused-ring (bicyclic) bond motifs is 1. The summed E-state index contributed by atoms with van der Waals surface area (Å²) in [7, 11) is 0. The van der Waals surface area contributed by atoms with Gasteiger partial charge in [-0.3, -0.25) is 14.9 Å². The summed E-state index contributed by atoms with van der Waals surface area (Å²) in [5.74, 6) is 1.20. The van der Waals surface area contributed by atoms with Crippen LogP contribution in [0.2, 0.25) is 0 Å². The van der Waals surface area contributed by atoms with Crippen LogP contribution >= 0.6 is 11.3 Å². The van der Waals surface area contributed by atoms with Crippen LogP contribution in [0.1, 0.15) is 47.2 Å². The highest BCUT2D eigenvalue weighted by atomic mass is 32.1. The summed E-state index contributed by atoms with van der Waals surface area (Å²) >= 11 is 1.43. The summed E-state index contributed by atoms with van der Waals surface area (Å²) in [5.41, 5.74) is 0.972. The van der Waals surface area contributed by atoms with E-state index in [-0.39, 0.29) is 17.6 Å². The Kier molecular flexibility index (Phi) is 4.71. The molecule has 0 saturated heterocycles. The van der Waals surface area contributed by atoms with Gasteiger partial charge in [0.15, 0.2) is 10.9 Å². The summed E-state index contributed by atoms with van der Waals surface area (Å²) in [6.07, 6.45) is 1.29. The zero-order valence-corrected chi connectivity index (χ0v) is 14.9. The summed E-state index contributed by atoms with van der Waals surface area (Å²) in [6.45, 7) is 7.15. The predicted molar refractivity (Wildman–Crippen MR) is 92.1 cm³/mol. The van der Waals surface area contributed by atoms with Gasteiger partial charge in [0, 0.05) is 24.3 Å². The fourth-order valence-corrected chi connectivity index (χ4v) is 3.67. The van der Waals surface area contributed by atoms with Crippen LogP contribution in [-0.4, -0.2) is 28.2 Å². The van der Waals surface area contributed by atoms with Crippen molar-refractivity contribution in [1.29, 1.82) is 0 Å². The Morgan fingerprint density at radius 3 is 2.88 bits per heavy atom. The molecule has 6 nitrogen and oxygen atoms in total. The first-order valence-electron chi connectivity index (χ1n) is 8.06. The van der Waals surface area contributed by atoms with Crippen LogP contribution in [-0.2, 0) is 17.8 Å². The van der Waals surface area contributed by atoms with Gasteiger partial charge in [-0.15, -0.1) is 0 Å². The normalized spacial score (nSPS) is 13.9. The highest BCUT2D eigenvalue weighted by Crippen LogP contribution is 2.29. The number of aryl methyl sites for hydroxylation is 1. The maximum Gasteiger partial charge on any atom is 0.293 e. The van der Waals surface area contributed by atoms with Crippen LogP contribution in [0.4, 0.5) is 5.13 Å². The zero-order chi connectivity index (χ0) is 17.3. The minimum absolute atomic E-state index is 0.181. The quantitative estimate of drug-likeness (QED) is 0.921.